The molecule has 0 radical (unpaired) electrons. The van der Waals surface area contributed by atoms with E-state index in [4.69, 9.17) is 9.47 Å². The number of ether oxygens (including phenoxy) is 2. The smallest absolute Gasteiger partial charge is 0.117 e. The Kier molecular flexibility index (Phi) is 9.06. The Hall–Kier alpha value is -1.30. The van der Waals surface area contributed by atoms with Crippen LogP contribution >= 0.6 is 0 Å². The zero-order chi connectivity index (χ0) is 20.5. The van der Waals surface area contributed by atoms with Crippen molar-refractivity contribution in [1.29, 1.82) is 0 Å². The third kappa shape index (κ3) is 6.10. The molecule has 1 aliphatic carbocycles. The van der Waals surface area contributed by atoms with Crippen molar-refractivity contribution in [3.8, 4) is 11.8 Å². The summed E-state index contributed by atoms with van der Waals surface area (Å²) in [6.45, 7) is 10.8. The highest BCUT2D eigenvalue weighted by Gasteiger charge is 2.50. The molecule has 0 saturated heterocycles. The molecule has 0 aliphatic heterocycles. The maximum absolute atomic E-state index is 6.08. The van der Waals surface area contributed by atoms with Gasteiger partial charge in [0, 0.05) is 12.5 Å². The predicted octanol–water partition coefficient (Wildman–Crippen LogP) is 6.63. The molecule has 0 aromatic heterocycles. The Morgan fingerprint density at radius 2 is 1.86 bits per heavy atom. The molecule has 1 aromatic carbocycles. The number of hydrogen-bond acceptors (Lipinski definition) is 2. The Bertz CT molecular complexity index is 625. The first-order valence-electron chi connectivity index (χ1n) is 11.1. The largest absolute Gasteiger partial charge is 0.376 e. The molecule has 0 heterocycles. The zero-order valence-corrected chi connectivity index (χ0v) is 18.7. The molecule has 2 heteroatoms. The van der Waals surface area contributed by atoms with E-state index in [9.17, 15) is 0 Å². The summed E-state index contributed by atoms with van der Waals surface area (Å²) in [7, 11) is 1.79. The van der Waals surface area contributed by atoms with Gasteiger partial charge >= 0.3 is 0 Å². The zero-order valence-electron chi connectivity index (χ0n) is 18.7. The quantitative estimate of drug-likeness (QED) is 0.333. The van der Waals surface area contributed by atoms with Crippen molar-refractivity contribution >= 4 is 0 Å². The molecule has 0 spiro atoms. The molecular formula is C26H40O2. The number of methoxy groups -OCH3 is 1. The van der Waals surface area contributed by atoms with Crippen LogP contribution in [0.5, 0.6) is 0 Å². The minimum atomic E-state index is 0.0218. The van der Waals surface area contributed by atoms with Gasteiger partial charge in [0.15, 0.2) is 0 Å². The minimum absolute atomic E-state index is 0.0218. The van der Waals surface area contributed by atoms with Crippen LogP contribution in [-0.4, -0.2) is 19.8 Å². The van der Waals surface area contributed by atoms with Gasteiger partial charge in [0.25, 0.3) is 0 Å². The fourth-order valence-corrected chi connectivity index (χ4v) is 4.25. The summed E-state index contributed by atoms with van der Waals surface area (Å²) in [6, 6.07) is 10.4. The minimum Gasteiger partial charge on any atom is -0.376 e. The summed E-state index contributed by atoms with van der Waals surface area (Å²) in [5, 5.41) is 0. The Balaban J connectivity index is 1.90. The lowest BCUT2D eigenvalue weighted by atomic mass is 9.66. The van der Waals surface area contributed by atoms with E-state index in [2.05, 4.69) is 63.8 Å². The molecule has 0 amide bonds. The molecule has 1 fully saturated rings. The van der Waals surface area contributed by atoms with E-state index in [1.165, 1.54) is 37.7 Å². The number of hydrogen-bond donors (Lipinski definition) is 0. The molecule has 2 nitrogen and oxygen atoms in total. The molecule has 28 heavy (non-hydrogen) atoms. The van der Waals surface area contributed by atoms with Crippen LogP contribution in [0.15, 0.2) is 30.3 Å². The molecule has 0 unspecified atom stereocenters. The van der Waals surface area contributed by atoms with Crippen molar-refractivity contribution in [3.63, 3.8) is 0 Å². The second kappa shape index (κ2) is 11.0. The van der Waals surface area contributed by atoms with Gasteiger partial charge in [-0.1, -0.05) is 82.2 Å². The number of benzene rings is 1. The van der Waals surface area contributed by atoms with Gasteiger partial charge in [0.1, 0.15) is 6.10 Å². The second-order valence-corrected chi connectivity index (χ2v) is 9.13. The fourth-order valence-electron chi connectivity index (χ4n) is 4.25. The monoisotopic (exact) mass is 384 g/mol. The van der Waals surface area contributed by atoms with E-state index in [1.807, 2.05) is 6.07 Å². The first kappa shape index (κ1) is 23.0. The van der Waals surface area contributed by atoms with E-state index in [-0.39, 0.29) is 16.9 Å². The highest BCUT2D eigenvalue weighted by Crippen LogP contribution is 2.55. The fraction of sp³-hybridized carbons (Fsp3) is 0.692. The molecule has 1 aromatic rings. The summed E-state index contributed by atoms with van der Waals surface area (Å²) in [6.07, 6.45) is 8.49. The predicted molar refractivity (Wildman–Crippen MR) is 118 cm³/mol. The highest BCUT2D eigenvalue weighted by molar-refractivity contribution is 5.21. The van der Waals surface area contributed by atoms with Crippen molar-refractivity contribution in [2.24, 2.45) is 16.7 Å². The molecule has 3 atom stereocenters. The first-order valence-corrected chi connectivity index (χ1v) is 11.1. The standard InChI is InChI=1S/C26H40O2/c1-6-7-8-12-15-24(27-5)17-19-26(4)18-16-23(25(26,2)3)21-28-20-22-13-10-9-11-14-22/h9-11,13-14,23-24H,6-8,12,15-16,18,20-21H2,1-5H3/t23-,24-,26+/m1/s1. The highest BCUT2D eigenvalue weighted by atomic mass is 16.5. The van der Waals surface area contributed by atoms with Crippen LogP contribution in [0.3, 0.4) is 0 Å². The van der Waals surface area contributed by atoms with Crippen molar-refractivity contribution < 1.29 is 9.47 Å². The lowest BCUT2D eigenvalue weighted by Crippen LogP contribution is -2.35. The normalized spacial score (nSPS) is 24.5. The van der Waals surface area contributed by atoms with Crippen molar-refractivity contribution in [2.75, 3.05) is 13.7 Å². The molecule has 1 saturated carbocycles. The Morgan fingerprint density at radius 1 is 1.11 bits per heavy atom. The van der Waals surface area contributed by atoms with Crippen molar-refractivity contribution in [3.05, 3.63) is 35.9 Å². The maximum Gasteiger partial charge on any atom is 0.117 e. The molecule has 2 rings (SSSR count). The molecule has 0 N–H and O–H groups in total. The second-order valence-electron chi connectivity index (χ2n) is 9.13. The van der Waals surface area contributed by atoms with E-state index in [1.54, 1.807) is 7.11 Å². The maximum atomic E-state index is 6.08. The molecule has 0 bridgehead atoms. The van der Waals surface area contributed by atoms with Gasteiger partial charge in [-0.05, 0) is 49.5 Å². The summed E-state index contributed by atoms with van der Waals surface area (Å²) in [5.41, 5.74) is 1.40. The third-order valence-corrected chi connectivity index (χ3v) is 6.98. The van der Waals surface area contributed by atoms with Gasteiger partial charge < -0.3 is 9.47 Å². The van der Waals surface area contributed by atoms with E-state index < -0.39 is 0 Å². The van der Waals surface area contributed by atoms with Gasteiger partial charge in [0.05, 0.1) is 13.2 Å². The summed E-state index contributed by atoms with van der Waals surface area (Å²) in [4.78, 5) is 0. The lowest BCUT2D eigenvalue weighted by molar-refractivity contribution is 0.0318. The number of rotatable bonds is 10. The Morgan fingerprint density at radius 3 is 2.54 bits per heavy atom. The molecule has 156 valence electrons. The van der Waals surface area contributed by atoms with E-state index in [0.29, 0.717) is 12.5 Å². The average molecular weight is 385 g/mol. The number of unbranched alkanes of at least 4 members (excludes halogenated alkanes) is 3. The van der Waals surface area contributed by atoms with Gasteiger partial charge in [-0.2, -0.15) is 0 Å². The van der Waals surface area contributed by atoms with Crippen molar-refractivity contribution in [2.45, 2.75) is 85.4 Å². The van der Waals surface area contributed by atoms with Gasteiger partial charge in [-0.15, -0.1) is 0 Å². The van der Waals surface area contributed by atoms with Gasteiger partial charge in [-0.25, -0.2) is 0 Å². The summed E-state index contributed by atoms with van der Waals surface area (Å²) < 4.78 is 11.7. The topological polar surface area (TPSA) is 18.5 Å². The Labute approximate surface area is 173 Å². The van der Waals surface area contributed by atoms with Crippen LogP contribution in [0.25, 0.3) is 0 Å². The average Bonchev–Trinajstić information content (AvgIpc) is 2.92. The van der Waals surface area contributed by atoms with Gasteiger partial charge in [-0.3, -0.25) is 0 Å². The van der Waals surface area contributed by atoms with E-state index >= 15 is 0 Å². The third-order valence-electron chi connectivity index (χ3n) is 6.98. The van der Waals surface area contributed by atoms with Crippen LogP contribution in [0.1, 0.15) is 78.2 Å². The SMILES string of the molecule is CCCCCC[C@H](C#C[C@]1(C)CC[C@H](COCc2ccccc2)C1(C)C)OC. The molecular weight excluding hydrogens is 344 g/mol. The van der Waals surface area contributed by atoms with Gasteiger partial charge in [0.2, 0.25) is 0 Å². The van der Waals surface area contributed by atoms with Crippen LogP contribution in [-0.2, 0) is 16.1 Å². The van der Waals surface area contributed by atoms with Crippen LogP contribution in [0.2, 0.25) is 0 Å². The first-order chi connectivity index (χ1) is 13.4. The van der Waals surface area contributed by atoms with Crippen LogP contribution in [0.4, 0.5) is 0 Å². The van der Waals surface area contributed by atoms with E-state index in [0.717, 1.165) is 19.4 Å². The lowest BCUT2D eigenvalue weighted by Gasteiger charge is -2.38. The van der Waals surface area contributed by atoms with Crippen molar-refractivity contribution in [1.82, 2.24) is 0 Å². The molecule has 1 aliphatic rings. The van der Waals surface area contributed by atoms with Crippen LogP contribution < -0.4 is 0 Å². The summed E-state index contributed by atoms with van der Waals surface area (Å²) in [5.74, 6) is 7.66. The summed E-state index contributed by atoms with van der Waals surface area (Å²) >= 11 is 0. The van der Waals surface area contributed by atoms with Crippen LogP contribution in [0, 0.1) is 28.6 Å².